The largest absolute Gasteiger partial charge is 0.288 e. The molecule has 4 rings (SSSR count). The van der Waals surface area contributed by atoms with Gasteiger partial charge in [-0.2, -0.15) is 10.4 Å². The minimum Gasteiger partial charge on any atom is -0.288 e. The Hall–Kier alpha value is -4.30. The first-order valence-corrected chi connectivity index (χ1v) is 9.89. The number of benzene rings is 2. The van der Waals surface area contributed by atoms with E-state index in [9.17, 15) is 10.1 Å². The topological polar surface area (TPSA) is 71.6 Å². The average molecular weight is 404 g/mol. The highest BCUT2D eigenvalue weighted by Gasteiger charge is 2.16. The molecule has 2 aromatic carbocycles. The zero-order chi connectivity index (χ0) is 21.6. The van der Waals surface area contributed by atoms with E-state index in [4.69, 9.17) is 5.10 Å². The smallest absolute Gasteiger partial charge is 0.203 e. The van der Waals surface area contributed by atoms with Crippen LogP contribution in [-0.4, -0.2) is 20.5 Å². The van der Waals surface area contributed by atoms with Crippen molar-refractivity contribution in [2.75, 3.05) is 0 Å². The second-order valence-electron chi connectivity index (χ2n) is 7.23. The molecule has 0 saturated heterocycles. The Labute approximate surface area is 180 Å². The summed E-state index contributed by atoms with van der Waals surface area (Å²) in [5, 5.41) is 14.4. The van der Waals surface area contributed by atoms with Gasteiger partial charge in [0.2, 0.25) is 5.78 Å². The number of aromatic nitrogens is 3. The van der Waals surface area contributed by atoms with Crippen LogP contribution in [0.25, 0.3) is 17.3 Å². The molecule has 0 aliphatic heterocycles. The van der Waals surface area contributed by atoms with Gasteiger partial charge in [0, 0.05) is 35.3 Å². The highest BCUT2D eigenvalue weighted by atomic mass is 16.1. The van der Waals surface area contributed by atoms with E-state index in [2.05, 4.69) is 11.1 Å². The summed E-state index contributed by atoms with van der Waals surface area (Å²) in [6.07, 6.45) is 6.89. The number of allylic oxidation sites excluding steroid dienone is 1. The Kier molecular flexibility index (Phi) is 5.82. The third-order valence-corrected chi connectivity index (χ3v) is 4.86. The molecule has 0 bridgehead atoms. The Balaban J connectivity index is 1.76. The van der Waals surface area contributed by atoms with Crippen LogP contribution in [0.5, 0.6) is 0 Å². The molecule has 0 saturated carbocycles. The molecule has 0 spiro atoms. The molecule has 0 unspecified atom stereocenters. The first kappa shape index (κ1) is 20.0. The molecule has 0 atom stereocenters. The Bertz CT molecular complexity index is 1280. The number of Topliss-reactive ketones (excluding diaryl/α,β-unsaturated/α-hetero) is 1. The number of nitriles is 1. The predicted molar refractivity (Wildman–Crippen MR) is 120 cm³/mol. The summed E-state index contributed by atoms with van der Waals surface area (Å²) in [6.45, 7) is 2.50. The predicted octanol–water partition coefficient (Wildman–Crippen LogP) is 5.09. The molecule has 0 fully saturated rings. The van der Waals surface area contributed by atoms with Crippen molar-refractivity contribution >= 4 is 11.9 Å². The normalized spacial score (nSPS) is 11.2. The highest BCUT2D eigenvalue weighted by molar-refractivity contribution is 6.14. The fourth-order valence-electron chi connectivity index (χ4n) is 3.37. The van der Waals surface area contributed by atoms with Gasteiger partial charge in [0.25, 0.3) is 0 Å². The van der Waals surface area contributed by atoms with Gasteiger partial charge in [-0.05, 0) is 36.8 Å². The van der Waals surface area contributed by atoms with Gasteiger partial charge in [-0.1, -0.05) is 54.1 Å². The molecule has 0 N–H and O–H groups in total. The Morgan fingerprint density at radius 2 is 1.94 bits per heavy atom. The number of pyridine rings is 1. The van der Waals surface area contributed by atoms with Crippen molar-refractivity contribution in [3.8, 4) is 17.3 Å². The van der Waals surface area contributed by atoms with Gasteiger partial charge in [0.05, 0.1) is 6.54 Å². The molecule has 0 amide bonds. The molecular weight excluding hydrogens is 384 g/mol. The maximum Gasteiger partial charge on any atom is 0.203 e. The molecule has 2 aromatic heterocycles. The summed E-state index contributed by atoms with van der Waals surface area (Å²) < 4.78 is 1.82. The van der Waals surface area contributed by atoms with Gasteiger partial charge in [0.15, 0.2) is 0 Å². The summed E-state index contributed by atoms with van der Waals surface area (Å²) >= 11 is 0. The van der Waals surface area contributed by atoms with Crippen LogP contribution in [0.4, 0.5) is 0 Å². The van der Waals surface area contributed by atoms with Crippen molar-refractivity contribution in [3.63, 3.8) is 0 Å². The van der Waals surface area contributed by atoms with Crippen LogP contribution in [0, 0.1) is 18.3 Å². The second-order valence-corrected chi connectivity index (χ2v) is 7.23. The van der Waals surface area contributed by atoms with E-state index in [0.29, 0.717) is 23.4 Å². The van der Waals surface area contributed by atoms with Crippen molar-refractivity contribution in [1.82, 2.24) is 14.8 Å². The number of rotatable bonds is 6. The van der Waals surface area contributed by atoms with Gasteiger partial charge < -0.3 is 0 Å². The van der Waals surface area contributed by atoms with Crippen LogP contribution in [0.2, 0.25) is 0 Å². The van der Waals surface area contributed by atoms with E-state index >= 15 is 0 Å². The van der Waals surface area contributed by atoms with Crippen LogP contribution < -0.4 is 0 Å². The summed E-state index contributed by atoms with van der Waals surface area (Å²) in [5.41, 5.74) is 4.82. The summed E-state index contributed by atoms with van der Waals surface area (Å²) in [7, 11) is 0. The fourth-order valence-corrected chi connectivity index (χ4v) is 3.37. The lowest BCUT2D eigenvalue weighted by Gasteiger charge is -2.02. The molecule has 2 heterocycles. The number of carbonyl (C=O) groups excluding carboxylic acids is 1. The summed E-state index contributed by atoms with van der Waals surface area (Å²) in [6, 6.07) is 23.0. The molecule has 5 heteroatoms. The van der Waals surface area contributed by atoms with E-state index in [0.717, 1.165) is 16.7 Å². The highest BCUT2D eigenvalue weighted by Crippen LogP contribution is 2.25. The minimum atomic E-state index is -0.306. The van der Waals surface area contributed by atoms with E-state index in [-0.39, 0.29) is 11.4 Å². The van der Waals surface area contributed by atoms with Crippen LogP contribution in [-0.2, 0) is 6.54 Å². The number of aryl methyl sites for hydroxylation is 1. The number of hydrogen-bond donors (Lipinski definition) is 0. The van der Waals surface area contributed by atoms with Crippen molar-refractivity contribution in [1.29, 1.82) is 5.26 Å². The Morgan fingerprint density at radius 3 is 2.65 bits per heavy atom. The molecule has 150 valence electrons. The maximum atomic E-state index is 12.9. The lowest BCUT2D eigenvalue weighted by molar-refractivity contribution is 0.104. The van der Waals surface area contributed by atoms with Gasteiger partial charge in [-0.15, -0.1) is 0 Å². The summed E-state index contributed by atoms with van der Waals surface area (Å²) in [5.74, 6) is -0.306. The molecule has 5 nitrogen and oxygen atoms in total. The number of carbonyl (C=O) groups is 1. The third kappa shape index (κ3) is 4.65. The summed E-state index contributed by atoms with van der Waals surface area (Å²) in [4.78, 5) is 17.1. The number of ketones is 1. The van der Waals surface area contributed by atoms with E-state index in [1.807, 2.05) is 72.4 Å². The van der Waals surface area contributed by atoms with Crippen LogP contribution >= 0.6 is 0 Å². The van der Waals surface area contributed by atoms with Crippen LogP contribution in [0.15, 0.2) is 90.9 Å². The van der Waals surface area contributed by atoms with Gasteiger partial charge in [-0.25, -0.2) is 0 Å². The second kappa shape index (κ2) is 9.02. The first-order valence-electron chi connectivity index (χ1n) is 9.89. The minimum absolute atomic E-state index is 0.0648. The lowest BCUT2D eigenvalue weighted by atomic mass is 10.00. The molecular formula is C26H20N4O. The monoisotopic (exact) mass is 404 g/mol. The molecule has 0 aliphatic rings. The van der Waals surface area contributed by atoms with Gasteiger partial charge in [0.1, 0.15) is 17.3 Å². The van der Waals surface area contributed by atoms with Crippen molar-refractivity contribution in [3.05, 3.63) is 113 Å². The van der Waals surface area contributed by atoms with Crippen LogP contribution in [0.3, 0.4) is 0 Å². The van der Waals surface area contributed by atoms with E-state index in [1.54, 1.807) is 30.6 Å². The Morgan fingerprint density at radius 1 is 1.10 bits per heavy atom. The van der Waals surface area contributed by atoms with E-state index < -0.39 is 0 Å². The standard InChI is InChI=1S/C26H20N4O/c1-19-7-5-10-21(13-19)26(31)23(15-27)14-24-18-30(17-20-8-3-2-4-9-20)29-25(24)22-11-6-12-28-16-22/h2-14,16,18H,17H2,1H3/b23-14+. The molecule has 0 radical (unpaired) electrons. The van der Waals surface area contributed by atoms with Crippen LogP contribution in [0.1, 0.15) is 27.0 Å². The van der Waals surface area contributed by atoms with Crippen molar-refractivity contribution < 1.29 is 4.79 Å². The maximum absolute atomic E-state index is 12.9. The third-order valence-electron chi connectivity index (χ3n) is 4.86. The average Bonchev–Trinajstić information content (AvgIpc) is 3.20. The quantitative estimate of drug-likeness (QED) is 0.255. The van der Waals surface area contributed by atoms with E-state index in [1.165, 1.54) is 0 Å². The van der Waals surface area contributed by atoms with Gasteiger partial charge in [-0.3, -0.25) is 14.5 Å². The lowest BCUT2D eigenvalue weighted by Crippen LogP contribution is -2.02. The zero-order valence-electron chi connectivity index (χ0n) is 17.1. The van der Waals surface area contributed by atoms with Crippen molar-refractivity contribution in [2.45, 2.75) is 13.5 Å². The molecule has 0 aliphatic carbocycles. The van der Waals surface area contributed by atoms with Crippen molar-refractivity contribution in [2.24, 2.45) is 0 Å². The number of nitrogens with zero attached hydrogens (tertiary/aromatic N) is 4. The molecule has 4 aromatic rings. The fraction of sp³-hybridized carbons (Fsp3) is 0.0769. The first-order chi connectivity index (χ1) is 15.1. The molecule has 31 heavy (non-hydrogen) atoms. The number of hydrogen-bond acceptors (Lipinski definition) is 4. The zero-order valence-corrected chi connectivity index (χ0v) is 17.1. The van der Waals surface area contributed by atoms with Gasteiger partial charge >= 0.3 is 0 Å². The SMILES string of the molecule is Cc1cccc(C(=O)/C(C#N)=C/c2cn(Cc3ccccc3)nc2-c2cccnc2)c1.